The first-order valence-electron chi connectivity index (χ1n) is 4.19. The van der Waals surface area contributed by atoms with E-state index in [0.717, 1.165) is 5.56 Å². The highest BCUT2D eigenvalue weighted by atomic mass is 14.8. The fourth-order valence-corrected chi connectivity index (χ4v) is 1.33. The molecule has 1 aromatic heterocycles. The summed E-state index contributed by atoms with van der Waals surface area (Å²) in [5.74, 6) is 0. The number of nitrogens with zero attached hydrogens (tertiary/aromatic N) is 2. The summed E-state index contributed by atoms with van der Waals surface area (Å²) in [7, 11) is 0. The predicted molar refractivity (Wildman–Crippen MR) is 52.2 cm³/mol. The first-order valence-corrected chi connectivity index (χ1v) is 4.19. The fourth-order valence-electron chi connectivity index (χ4n) is 1.33. The van der Waals surface area contributed by atoms with Gasteiger partial charge >= 0.3 is 0 Å². The van der Waals surface area contributed by atoms with Crippen molar-refractivity contribution in [3.8, 4) is 11.1 Å². The average Bonchev–Trinajstić information content (AvgIpc) is 2.20. The van der Waals surface area contributed by atoms with Crippen molar-refractivity contribution in [3.63, 3.8) is 0 Å². The largest absolute Gasteiger partial charge is 0.244 e. The Balaban J connectivity index is 2.54. The number of hydrogen-bond donors (Lipinski definition) is 0. The molecule has 0 bridgehead atoms. The molecule has 2 rings (SSSR count). The lowest BCUT2D eigenvalue weighted by Crippen LogP contribution is -1.84. The van der Waals surface area contributed by atoms with Crippen molar-refractivity contribution < 1.29 is 0 Å². The van der Waals surface area contributed by atoms with Crippen LogP contribution in [0.15, 0.2) is 43.0 Å². The summed E-state index contributed by atoms with van der Waals surface area (Å²) in [6.45, 7) is 2.09. The second-order valence-electron chi connectivity index (χ2n) is 2.94. The number of rotatable bonds is 1. The molecule has 0 amide bonds. The lowest BCUT2D eigenvalue weighted by molar-refractivity contribution is 1.17. The van der Waals surface area contributed by atoms with Crippen molar-refractivity contribution in [1.82, 2.24) is 9.97 Å². The molecule has 0 fully saturated rings. The number of aryl methyl sites for hydroxylation is 1. The van der Waals surface area contributed by atoms with Gasteiger partial charge in [-0.15, -0.1) is 0 Å². The summed E-state index contributed by atoms with van der Waals surface area (Å²) in [5, 5.41) is 0. The fraction of sp³-hybridized carbons (Fsp3) is 0.0909. The van der Waals surface area contributed by atoms with E-state index in [0.29, 0.717) is 0 Å². The van der Waals surface area contributed by atoms with E-state index in [-0.39, 0.29) is 0 Å². The summed E-state index contributed by atoms with van der Waals surface area (Å²) in [6.07, 6.45) is 5.20. The molecule has 0 saturated heterocycles. The smallest absolute Gasteiger partial charge is 0.115 e. The van der Waals surface area contributed by atoms with E-state index in [1.807, 2.05) is 24.5 Å². The van der Waals surface area contributed by atoms with Gasteiger partial charge in [0.05, 0.1) is 0 Å². The molecule has 13 heavy (non-hydrogen) atoms. The van der Waals surface area contributed by atoms with E-state index in [2.05, 4.69) is 29.0 Å². The van der Waals surface area contributed by atoms with Crippen LogP contribution in [0.1, 0.15) is 5.56 Å². The summed E-state index contributed by atoms with van der Waals surface area (Å²) < 4.78 is 0. The Morgan fingerprint density at radius 2 is 1.69 bits per heavy atom. The van der Waals surface area contributed by atoms with Gasteiger partial charge in [0.2, 0.25) is 0 Å². The van der Waals surface area contributed by atoms with E-state index in [1.54, 1.807) is 6.33 Å². The Hall–Kier alpha value is -1.70. The Kier molecular flexibility index (Phi) is 2.04. The normalized spacial score (nSPS) is 9.92. The molecule has 0 saturated carbocycles. The Morgan fingerprint density at radius 3 is 2.38 bits per heavy atom. The highest BCUT2D eigenvalue weighted by molar-refractivity contribution is 5.65. The highest BCUT2D eigenvalue weighted by Gasteiger charge is 1.99. The topological polar surface area (TPSA) is 25.8 Å². The van der Waals surface area contributed by atoms with Crippen LogP contribution in [0.3, 0.4) is 0 Å². The van der Waals surface area contributed by atoms with E-state index in [4.69, 9.17) is 0 Å². The third-order valence-electron chi connectivity index (χ3n) is 2.02. The van der Waals surface area contributed by atoms with Crippen molar-refractivity contribution >= 4 is 0 Å². The van der Waals surface area contributed by atoms with Gasteiger partial charge in [0, 0.05) is 18.0 Å². The van der Waals surface area contributed by atoms with E-state index < -0.39 is 0 Å². The molecule has 2 heteroatoms. The molecule has 0 aliphatic heterocycles. The Bertz CT molecular complexity index is 396. The van der Waals surface area contributed by atoms with Gasteiger partial charge in [0.25, 0.3) is 0 Å². The molecule has 0 radical (unpaired) electrons. The van der Waals surface area contributed by atoms with Crippen molar-refractivity contribution in [2.24, 2.45) is 0 Å². The maximum Gasteiger partial charge on any atom is 0.115 e. The van der Waals surface area contributed by atoms with E-state index in [1.165, 1.54) is 11.1 Å². The van der Waals surface area contributed by atoms with Gasteiger partial charge in [-0.25, -0.2) is 9.97 Å². The molecular weight excluding hydrogens is 160 g/mol. The molecule has 0 aliphatic carbocycles. The summed E-state index contributed by atoms with van der Waals surface area (Å²) in [6, 6.07) is 8.22. The van der Waals surface area contributed by atoms with Crippen LogP contribution in [-0.4, -0.2) is 9.97 Å². The predicted octanol–water partition coefficient (Wildman–Crippen LogP) is 2.45. The van der Waals surface area contributed by atoms with Crippen molar-refractivity contribution in [1.29, 1.82) is 0 Å². The van der Waals surface area contributed by atoms with Gasteiger partial charge in [-0.3, -0.25) is 0 Å². The van der Waals surface area contributed by atoms with Crippen LogP contribution in [0.25, 0.3) is 11.1 Å². The summed E-state index contributed by atoms with van der Waals surface area (Å²) in [4.78, 5) is 7.98. The van der Waals surface area contributed by atoms with Crippen LogP contribution >= 0.6 is 0 Å². The van der Waals surface area contributed by atoms with Crippen LogP contribution in [0, 0.1) is 6.92 Å². The van der Waals surface area contributed by atoms with Crippen molar-refractivity contribution in [2.75, 3.05) is 0 Å². The van der Waals surface area contributed by atoms with Gasteiger partial charge < -0.3 is 0 Å². The molecule has 1 aromatic carbocycles. The monoisotopic (exact) mass is 170 g/mol. The van der Waals surface area contributed by atoms with Gasteiger partial charge in [-0.2, -0.15) is 0 Å². The Labute approximate surface area is 77.3 Å². The zero-order valence-electron chi connectivity index (χ0n) is 7.44. The summed E-state index contributed by atoms with van der Waals surface area (Å²) in [5.41, 5.74) is 3.51. The van der Waals surface area contributed by atoms with Gasteiger partial charge in [-0.05, 0) is 18.1 Å². The van der Waals surface area contributed by atoms with Crippen LogP contribution in [-0.2, 0) is 0 Å². The molecule has 64 valence electrons. The SMILES string of the molecule is Cc1ccccc1-c1cncnc1. The number of aromatic nitrogens is 2. The minimum atomic E-state index is 1.07. The zero-order chi connectivity index (χ0) is 9.10. The summed E-state index contributed by atoms with van der Waals surface area (Å²) >= 11 is 0. The van der Waals surface area contributed by atoms with Crippen molar-refractivity contribution in [3.05, 3.63) is 48.5 Å². The van der Waals surface area contributed by atoms with Gasteiger partial charge in [0.1, 0.15) is 6.33 Å². The van der Waals surface area contributed by atoms with Gasteiger partial charge in [0.15, 0.2) is 0 Å². The van der Waals surface area contributed by atoms with Crippen LogP contribution in [0.5, 0.6) is 0 Å². The van der Waals surface area contributed by atoms with Crippen LogP contribution in [0.4, 0.5) is 0 Å². The first-order chi connectivity index (χ1) is 6.38. The second kappa shape index (κ2) is 3.35. The second-order valence-corrected chi connectivity index (χ2v) is 2.94. The third kappa shape index (κ3) is 1.56. The standard InChI is InChI=1S/C11H10N2/c1-9-4-2-3-5-11(9)10-6-12-8-13-7-10/h2-8H,1H3. The first kappa shape index (κ1) is 7.92. The maximum atomic E-state index is 3.99. The third-order valence-corrected chi connectivity index (χ3v) is 2.02. The highest BCUT2D eigenvalue weighted by Crippen LogP contribution is 2.20. The minimum absolute atomic E-state index is 1.07. The zero-order valence-corrected chi connectivity index (χ0v) is 7.44. The average molecular weight is 170 g/mol. The molecule has 1 heterocycles. The lowest BCUT2D eigenvalue weighted by atomic mass is 10.0. The van der Waals surface area contributed by atoms with E-state index >= 15 is 0 Å². The minimum Gasteiger partial charge on any atom is -0.244 e. The molecule has 0 unspecified atom stereocenters. The molecular formula is C11H10N2. The van der Waals surface area contributed by atoms with Crippen molar-refractivity contribution in [2.45, 2.75) is 6.92 Å². The molecule has 0 spiro atoms. The van der Waals surface area contributed by atoms with Crippen LogP contribution in [0.2, 0.25) is 0 Å². The maximum absolute atomic E-state index is 3.99. The number of benzene rings is 1. The van der Waals surface area contributed by atoms with Crippen LogP contribution < -0.4 is 0 Å². The molecule has 0 N–H and O–H groups in total. The number of hydrogen-bond acceptors (Lipinski definition) is 2. The molecule has 2 nitrogen and oxygen atoms in total. The van der Waals surface area contributed by atoms with Gasteiger partial charge in [-0.1, -0.05) is 24.3 Å². The lowest BCUT2D eigenvalue weighted by Gasteiger charge is -2.03. The molecule has 0 aliphatic rings. The Morgan fingerprint density at radius 1 is 1.00 bits per heavy atom. The molecule has 0 atom stereocenters. The van der Waals surface area contributed by atoms with E-state index in [9.17, 15) is 0 Å². The quantitative estimate of drug-likeness (QED) is 0.657. The molecule has 2 aromatic rings.